The van der Waals surface area contributed by atoms with Crippen LogP contribution < -0.4 is 0 Å². The maximum Gasteiger partial charge on any atom is 0.452 e. The van der Waals surface area contributed by atoms with Crippen LogP contribution in [0.15, 0.2) is 28.8 Å². The highest BCUT2D eigenvalue weighted by atomic mass is 19.4. The van der Waals surface area contributed by atoms with Gasteiger partial charge in [-0.25, -0.2) is 4.79 Å². The largest absolute Gasteiger partial charge is 0.507 e. The lowest BCUT2D eigenvalue weighted by molar-refractivity contribution is -0.155. The number of alkyl halides is 3. The molecule has 0 spiro atoms. The first-order valence-corrected chi connectivity index (χ1v) is 8.72. The number of hydrogen-bond donors (Lipinski definition) is 1. The van der Waals surface area contributed by atoms with E-state index in [2.05, 4.69) is 9.68 Å². The number of hydrogen-bond acceptors (Lipinski definition) is 6. The molecule has 158 valence electrons. The van der Waals surface area contributed by atoms with Crippen molar-refractivity contribution in [2.75, 3.05) is 6.61 Å². The predicted octanol–water partition coefficient (Wildman–Crippen LogP) is 4.86. The zero-order valence-electron chi connectivity index (χ0n) is 16.7. The highest BCUT2D eigenvalue weighted by Crippen LogP contribution is 2.35. The van der Waals surface area contributed by atoms with E-state index >= 15 is 0 Å². The molecule has 0 saturated heterocycles. The Hall–Kier alpha value is -2.84. The number of ether oxygens (including phenoxy) is 1. The van der Waals surface area contributed by atoms with E-state index in [1.165, 1.54) is 12.1 Å². The molecular formula is C20H22F3NO5. The molecule has 0 fully saturated rings. The number of ketones is 1. The Balaban J connectivity index is 2.15. The monoisotopic (exact) mass is 413 g/mol. The van der Waals surface area contributed by atoms with Crippen molar-refractivity contribution in [3.05, 3.63) is 35.6 Å². The summed E-state index contributed by atoms with van der Waals surface area (Å²) in [5.41, 5.74) is -1.81. The summed E-state index contributed by atoms with van der Waals surface area (Å²) in [4.78, 5) is 24.7. The number of phenolic OH excluding ortho intramolecular Hbond substituents is 1. The molecule has 0 aliphatic rings. The first-order valence-electron chi connectivity index (χ1n) is 8.72. The van der Waals surface area contributed by atoms with Gasteiger partial charge in [0.05, 0.1) is 11.0 Å². The molecule has 2 rings (SSSR count). The number of aromatic hydroxyl groups is 1. The van der Waals surface area contributed by atoms with E-state index in [0.29, 0.717) is 6.07 Å². The highest BCUT2D eigenvalue weighted by Gasteiger charge is 2.38. The third-order valence-corrected chi connectivity index (χ3v) is 4.16. The zero-order chi connectivity index (χ0) is 22.2. The smallest absolute Gasteiger partial charge is 0.452 e. The highest BCUT2D eigenvalue weighted by molar-refractivity contribution is 5.92. The van der Waals surface area contributed by atoms with Crippen molar-refractivity contribution in [2.45, 2.75) is 40.8 Å². The Morgan fingerprint density at radius 2 is 1.72 bits per heavy atom. The number of phenols is 1. The van der Waals surface area contributed by atoms with Gasteiger partial charge in [0.1, 0.15) is 23.8 Å². The predicted molar refractivity (Wildman–Crippen MR) is 97.1 cm³/mol. The van der Waals surface area contributed by atoms with Crippen LogP contribution in [0.3, 0.4) is 0 Å². The Labute approximate surface area is 165 Å². The third-order valence-electron chi connectivity index (χ3n) is 4.16. The molecule has 1 N–H and O–H groups in total. The van der Waals surface area contributed by atoms with Crippen molar-refractivity contribution >= 4 is 11.8 Å². The standard InChI is InChI=1S/C20H22F3NO5/c1-18(2,3)17(27)19(4,5)10-28-16(26)11-6-7-12(14(25)8-11)13-9-15(29-24-13)20(21,22)23/h6-9,25H,10H2,1-5H3. The Bertz CT molecular complexity index is 923. The number of rotatable bonds is 5. The normalized spacial score (nSPS) is 12.7. The fourth-order valence-electron chi connectivity index (χ4n) is 2.82. The van der Waals surface area contributed by atoms with Crippen LogP contribution in [0.5, 0.6) is 5.75 Å². The van der Waals surface area contributed by atoms with E-state index in [4.69, 9.17) is 4.74 Å². The van der Waals surface area contributed by atoms with Gasteiger partial charge in [-0.15, -0.1) is 0 Å². The number of Topliss-reactive ketones (excluding diaryl/α,β-unsaturated/α-hetero) is 1. The lowest BCUT2D eigenvalue weighted by atomic mass is 9.75. The number of carbonyl (C=O) groups excluding carboxylic acids is 2. The van der Waals surface area contributed by atoms with Crippen LogP contribution in [0.1, 0.15) is 50.7 Å². The topological polar surface area (TPSA) is 89.6 Å². The zero-order valence-corrected chi connectivity index (χ0v) is 16.7. The van der Waals surface area contributed by atoms with E-state index in [-0.39, 0.29) is 29.2 Å². The molecule has 0 atom stereocenters. The second-order valence-corrected chi connectivity index (χ2v) is 8.35. The molecule has 1 heterocycles. The molecule has 0 bridgehead atoms. The summed E-state index contributed by atoms with van der Waals surface area (Å²) < 4.78 is 47.3. The number of aromatic nitrogens is 1. The van der Waals surface area contributed by atoms with Crippen molar-refractivity contribution in [1.29, 1.82) is 0 Å². The van der Waals surface area contributed by atoms with Crippen molar-refractivity contribution in [2.24, 2.45) is 10.8 Å². The van der Waals surface area contributed by atoms with Gasteiger partial charge < -0.3 is 14.4 Å². The summed E-state index contributed by atoms with van der Waals surface area (Å²) in [7, 11) is 0. The minimum atomic E-state index is -4.71. The number of benzene rings is 1. The van der Waals surface area contributed by atoms with Gasteiger partial charge in [0.25, 0.3) is 0 Å². The molecule has 0 saturated carbocycles. The number of carbonyl (C=O) groups is 2. The Kier molecular flexibility index (Phi) is 5.83. The van der Waals surface area contributed by atoms with Crippen LogP contribution in [0.2, 0.25) is 0 Å². The molecule has 2 aromatic rings. The lowest BCUT2D eigenvalue weighted by Crippen LogP contribution is -2.38. The van der Waals surface area contributed by atoms with E-state index < -0.39 is 34.5 Å². The Morgan fingerprint density at radius 1 is 1.10 bits per heavy atom. The molecule has 29 heavy (non-hydrogen) atoms. The maximum atomic E-state index is 12.6. The number of halogens is 3. The van der Waals surface area contributed by atoms with Gasteiger partial charge in [0.15, 0.2) is 0 Å². The van der Waals surface area contributed by atoms with Gasteiger partial charge in [-0.1, -0.05) is 25.9 Å². The number of nitrogens with zero attached hydrogens (tertiary/aromatic N) is 1. The summed E-state index contributed by atoms with van der Waals surface area (Å²) in [5.74, 6) is -2.63. The molecule has 6 nitrogen and oxygen atoms in total. The molecule has 0 aliphatic heterocycles. The minimum Gasteiger partial charge on any atom is -0.507 e. The van der Waals surface area contributed by atoms with Gasteiger partial charge in [0, 0.05) is 17.0 Å². The van der Waals surface area contributed by atoms with Crippen molar-refractivity contribution in [3.63, 3.8) is 0 Å². The second-order valence-electron chi connectivity index (χ2n) is 8.35. The average molecular weight is 413 g/mol. The van der Waals surface area contributed by atoms with Gasteiger partial charge >= 0.3 is 12.1 Å². The van der Waals surface area contributed by atoms with Crippen molar-refractivity contribution in [1.82, 2.24) is 5.16 Å². The fourth-order valence-corrected chi connectivity index (χ4v) is 2.82. The van der Waals surface area contributed by atoms with Crippen LogP contribution in [0.25, 0.3) is 11.3 Å². The molecule has 0 unspecified atom stereocenters. The number of esters is 1. The molecule has 9 heteroatoms. The van der Waals surface area contributed by atoms with Crippen molar-refractivity contribution < 1.29 is 37.1 Å². The SMILES string of the molecule is CC(C)(C)C(=O)C(C)(C)COC(=O)c1ccc(-c2cc(C(F)(F)F)on2)c(O)c1. The molecule has 1 aromatic heterocycles. The summed E-state index contributed by atoms with van der Waals surface area (Å²) >= 11 is 0. The van der Waals surface area contributed by atoms with Gasteiger partial charge in [-0.3, -0.25) is 4.79 Å². The minimum absolute atomic E-state index is 0.0233. The molecule has 1 aromatic carbocycles. The van der Waals surface area contributed by atoms with Crippen LogP contribution >= 0.6 is 0 Å². The Morgan fingerprint density at radius 3 is 2.21 bits per heavy atom. The summed E-state index contributed by atoms with van der Waals surface area (Å²) in [6.45, 7) is 8.47. The van der Waals surface area contributed by atoms with Crippen LogP contribution in [0.4, 0.5) is 13.2 Å². The van der Waals surface area contributed by atoms with E-state index in [9.17, 15) is 27.9 Å². The quantitative estimate of drug-likeness (QED) is 0.704. The van der Waals surface area contributed by atoms with Crippen LogP contribution in [0, 0.1) is 10.8 Å². The molecular weight excluding hydrogens is 391 g/mol. The third kappa shape index (κ3) is 5.16. The summed E-state index contributed by atoms with van der Waals surface area (Å²) in [6, 6.07) is 4.21. The molecule has 0 amide bonds. The lowest BCUT2D eigenvalue weighted by Gasteiger charge is -2.30. The van der Waals surface area contributed by atoms with Crippen LogP contribution in [-0.4, -0.2) is 28.6 Å². The van der Waals surface area contributed by atoms with Gasteiger partial charge in [-0.2, -0.15) is 13.2 Å². The van der Waals surface area contributed by atoms with Crippen molar-refractivity contribution in [3.8, 4) is 17.0 Å². The van der Waals surface area contributed by atoms with Gasteiger partial charge in [0.2, 0.25) is 5.76 Å². The van der Waals surface area contributed by atoms with Gasteiger partial charge in [-0.05, 0) is 32.0 Å². The van der Waals surface area contributed by atoms with E-state index in [1.807, 2.05) is 0 Å². The fraction of sp³-hybridized carbons (Fsp3) is 0.450. The first kappa shape index (κ1) is 22.4. The second kappa shape index (κ2) is 7.53. The summed E-state index contributed by atoms with van der Waals surface area (Å²) in [5, 5.41) is 13.4. The first-order chi connectivity index (χ1) is 13.1. The maximum absolute atomic E-state index is 12.6. The van der Waals surface area contributed by atoms with E-state index in [1.54, 1.807) is 34.6 Å². The van der Waals surface area contributed by atoms with E-state index in [0.717, 1.165) is 6.07 Å². The molecule has 0 radical (unpaired) electrons. The van der Waals surface area contributed by atoms with Crippen LogP contribution in [-0.2, 0) is 15.7 Å². The molecule has 0 aliphatic carbocycles. The summed E-state index contributed by atoms with van der Waals surface area (Å²) in [6.07, 6.45) is -4.71. The average Bonchev–Trinajstić information content (AvgIpc) is 3.08.